The van der Waals surface area contributed by atoms with E-state index in [1.54, 1.807) is 12.1 Å². The number of rotatable bonds is 3. The zero-order valence-electron chi connectivity index (χ0n) is 15.4. The van der Waals surface area contributed by atoms with Crippen molar-refractivity contribution >= 4 is 58.1 Å². The number of aromatic carboxylic acids is 1. The normalized spacial score (nSPS) is 19.7. The van der Waals surface area contributed by atoms with Crippen molar-refractivity contribution in [2.75, 3.05) is 6.54 Å². The summed E-state index contributed by atoms with van der Waals surface area (Å²) in [4.78, 5) is 25.7. The van der Waals surface area contributed by atoms with E-state index < -0.39 is 11.6 Å². The molecule has 27 heavy (non-hydrogen) atoms. The Morgan fingerprint density at radius 3 is 2.78 bits per heavy atom. The molecule has 2 heterocycles. The molecule has 2 aliphatic rings. The summed E-state index contributed by atoms with van der Waals surface area (Å²) in [5.41, 5.74) is 1.48. The average molecular weight is 549 g/mol. The van der Waals surface area contributed by atoms with Crippen molar-refractivity contribution in [3.8, 4) is 0 Å². The van der Waals surface area contributed by atoms with Gasteiger partial charge in [0, 0.05) is 11.0 Å². The Hall–Kier alpha value is -1.42. The highest BCUT2D eigenvalue weighted by Gasteiger charge is 2.35. The van der Waals surface area contributed by atoms with E-state index in [9.17, 15) is 14.7 Å². The molecule has 0 radical (unpaired) electrons. The number of nitrogens with zero attached hydrogens (tertiary/aromatic N) is 1. The lowest BCUT2D eigenvalue weighted by Gasteiger charge is -2.29. The molecule has 2 N–H and O–H groups in total. The van der Waals surface area contributed by atoms with Gasteiger partial charge in [0.2, 0.25) is 0 Å². The smallest absolute Gasteiger partial charge is 0.410 e. The second kappa shape index (κ2) is 7.90. The number of ether oxygens (including phenoxy) is 1. The highest BCUT2D eigenvalue weighted by molar-refractivity contribution is 14.2. The molecule has 6 nitrogen and oxygen atoms in total. The van der Waals surface area contributed by atoms with Crippen LogP contribution < -0.4 is 5.32 Å². The number of carboxylic acids is 1. The molecule has 8 heteroatoms. The summed E-state index contributed by atoms with van der Waals surface area (Å²) < 4.78 is 9.41. The predicted molar refractivity (Wildman–Crippen MR) is 117 cm³/mol. The van der Waals surface area contributed by atoms with Crippen molar-refractivity contribution in [3.05, 3.63) is 37.9 Å². The molecule has 1 aromatic carbocycles. The summed E-state index contributed by atoms with van der Waals surface area (Å²) in [6.45, 7) is 6.32. The number of likely N-dealkylation sites (tertiary alicyclic amines) is 1. The van der Waals surface area contributed by atoms with E-state index in [4.69, 9.17) is 4.74 Å². The summed E-state index contributed by atoms with van der Waals surface area (Å²) in [6.07, 6.45) is 1.60. The summed E-state index contributed by atoms with van der Waals surface area (Å²) >= 11 is 2.89. The molecule has 1 saturated heterocycles. The van der Waals surface area contributed by atoms with Crippen LogP contribution >= 0.6 is 36.7 Å². The Kier molecular flexibility index (Phi) is 5.95. The predicted octanol–water partition coefficient (Wildman–Crippen LogP) is 4.55. The molecule has 0 saturated carbocycles. The van der Waals surface area contributed by atoms with Gasteiger partial charge in [0.05, 0.1) is 20.9 Å². The minimum Gasteiger partial charge on any atom is -0.478 e. The van der Waals surface area contributed by atoms with E-state index in [0.717, 1.165) is 27.7 Å². The molecule has 1 amide bonds. The number of halogens is 2. The van der Waals surface area contributed by atoms with E-state index in [-0.39, 0.29) is 38.4 Å². The SMILES string of the molecule is CC(C)(C)OC(=O)N1CCC[C@H]1C1=IC=C(c2ccc(Br)c(C(=O)O)c2)N1. The standard InChI is InChI=1S/C19H22BrIN2O4/c1-19(2,3)27-18(26)23-8-4-5-15(23)16-21-10-14(22-16)11-6-7-13(20)12(9-11)17(24)25/h6-7,9-10,15,22H,4-5,8H2,1-3H3,(H,24,25)/t15-/m0/s1. The van der Waals surface area contributed by atoms with E-state index in [2.05, 4.69) is 25.3 Å². The van der Waals surface area contributed by atoms with Crippen LogP contribution in [0.15, 0.2) is 26.8 Å². The van der Waals surface area contributed by atoms with Crippen LogP contribution in [0.2, 0.25) is 0 Å². The van der Waals surface area contributed by atoms with Gasteiger partial charge in [-0.2, -0.15) is 0 Å². The van der Waals surface area contributed by atoms with Crippen LogP contribution in [0, 0.1) is 0 Å². The molecule has 1 fully saturated rings. The average Bonchev–Trinajstić information content (AvgIpc) is 3.22. The van der Waals surface area contributed by atoms with Gasteiger partial charge in [0.25, 0.3) is 0 Å². The number of amides is 1. The Morgan fingerprint density at radius 1 is 1.37 bits per heavy atom. The highest BCUT2D eigenvalue weighted by Crippen LogP contribution is 2.31. The third-order valence-corrected chi connectivity index (χ3v) is 7.50. The molecule has 0 spiro atoms. The monoisotopic (exact) mass is 548 g/mol. The zero-order chi connectivity index (χ0) is 19.8. The summed E-state index contributed by atoms with van der Waals surface area (Å²) in [7, 11) is 0. The Balaban J connectivity index is 1.72. The molecule has 0 aromatic heterocycles. The first kappa shape index (κ1) is 20.3. The summed E-state index contributed by atoms with van der Waals surface area (Å²) in [6, 6.07) is 5.34. The number of carbonyl (C=O) groups excluding carboxylic acids is 1. The molecule has 1 aromatic rings. The van der Waals surface area contributed by atoms with Gasteiger partial charge in [0.1, 0.15) is 5.60 Å². The van der Waals surface area contributed by atoms with Crippen molar-refractivity contribution in [2.24, 2.45) is 0 Å². The summed E-state index contributed by atoms with van der Waals surface area (Å²) in [5.74, 6) is -0.965. The Morgan fingerprint density at radius 2 is 2.11 bits per heavy atom. The lowest BCUT2D eigenvalue weighted by Crippen LogP contribution is -2.45. The first-order valence-corrected chi connectivity index (χ1v) is 11.8. The fraction of sp³-hybridized carbons (Fsp3) is 0.421. The second-order valence-electron chi connectivity index (χ2n) is 7.44. The topological polar surface area (TPSA) is 78.9 Å². The lowest BCUT2D eigenvalue weighted by atomic mass is 10.1. The Labute approximate surface area is 176 Å². The van der Waals surface area contributed by atoms with Gasteiger partial charge in [-0.05, 0) is 71.3 Å². The molecule has 1 atom stereocenters. The van der Waals surface area contributed by atoms with Gasteiger partial charge in [0.15, 0.2) is 0 Å². The van der Waals surface area contributed by atoms with Gasteiger partial charge >= 0.3 is 12.1 Å². The maximum absolute atomic E-state index is 12.5. The largest absolute Gasteiger partial charge is 0.478 e. The van der Waals surface area contributed by atoms with E-state index >= 15 is 0 Å². The maximum Gasteiger partial charge on any atom is 0.410 e. The van der Waals surface area contributed by atoms with E-state index in [1.807, 2.05) is 31.7 Å². The zero-order valence-corrected chi connectivity index (χ0v) is 19.1. The molecule has 3 rings (SSSR count). The lowest BCUT2D eigenvalue weighted by molar-refractivity contribution is 0.0266. The molecule has 2 aliphatic heterocycles. The van der Waals surface area contributed by atoms with Crippen molar-refractivity contribution < 1.29 is 19.4 Å². The van der Waals surface area contributed by atoms with Crippen LogP contribution in [0.25, 0.3) is 5.70 Å². The Bertz CT molecular complexity index is 845. The van der Waals surface area contributed by atoms with Crippen LogP contribution in [0.4, 0.5) is 4.79 Å². The number of carbonyl (C=O) groups is 2. The first-order valence-electron chi connectivity index (χ1n) is 8.66. The van der Waals surface area contributed by atoms with E-state index in [1.165, 1.54) is 0 Å². The van der Waals surface area contributed by atoms with Crippen molar-refractivity contribution in [3.63, 3.8) is 0 Å². The molecule has 0 bridgehead atoms. The van der Waals surface area contributed by atoms with Crippen LogP contribution in [0.1, 0.15) is 49.5 Å². The fourth-order valence-electron chi connectivity index (χ4n) is 3.01. The fourth-order valence-corrected chi connectivity index (χ4v) is 6.10. The first-order chi connectivity index (χ1) is 12.7. The summed E-state index contributed by atoms with van der Waals surface area (Å²) in [5, 5.41) is 12.8. The number of hydrogen-bond donors (Lipinski definition) is 2. The van der Waals surface area contributed by atoms with Crippen molar-refractivity contribution in [2.45, 2.75) is 45.3 Å². The molecule has 0 aliphatic carbocycles. The number of hydrogen-bond acceptors (Lipinski definition) is 4. The second-order valence-corrected chi connectivity index (χ2v) is 10.7. The van der Waals surface area contributed by atoms with Gasteiger partial charge in [-0.25, -0.2) is 9.59 Å². The minimum atomic E-state index is -0.965. The quantitative estimate of drug-likeness (QED) is 0.542. The third-order valence-electron chi connectivity index (χ3n) is 4.22. The van der Waals surface area contributed by atoms with Gasteiger partial charge in [-0.15, -0.1) is 0 Å². The van der Waals surface area contributed by atoms with Gasteiger partial charge < -0.3 is 15.2 Å². The molecular formula is C19H22BrIN2O4. The molecular weight excluding hydrogens is 527 g/mol. The minimum absolute atomic E-state index is 0.0378. The van der Waals surface area contributed by atoms with Crippen molar-refractivity contribution in [1.29, 1.82) is 0 Å². The van der Waals surface area contributed by atoms with Crippen molar-refractivity contribution in [1.82, 2.24) is 10.2 Å². The van der Waals surface area contributed by atoms with Crippen LogP contribution in [0.5, 0.6) is 0 Å². The molecule has 146 valence electrons. The van der Waals surface area contributed by atoms with Gasteiger partial charge in [-0.1, -0.05) is 26.8 Å². The third kappa shape index (κ3) is 4.71. The van der Waals surface area contributed by atoms with Crippen LogP contribution in [0.3, 0.4) is 0 Å². The van der Waals surface area contributed by atoms with Crippen LogP contribution in [-0.2, 0) is 4.74 Å². The number of carboxylic acid groups (broad SMARTS) is 1. The van der Waals surface area contributed by atoms with Crippen LogP contribution in [-0.4, -0.2) is 43.9 Å². The highest BCUT2D eigenvalue weighted by atomic mass is 127. The number of nitrogens with one attached hydrogen (secondary N) is 1. The molecule has 0 unspecified atom stereocenters. The number of benzene rings is 1. The maximum atomic E-state index is 12.5. The van der Waals surface area contributed by atoms with E-state index in [0.29, 0.717) is 11.0 Å². The van der Waals surface area contributed by atoms with Gasteiger partial charge in [-0.3, -0.25) is 4.90 Å².